The summed E-state index contributed by atoms with van der Waals surface area (Å²) in [7, 11) is 1.57. The molecule has 0 aliphatic carbocycles. The molecule has 8 heteroatoms. The molecule has 0 unspecified atom stereocenters. The Morgan fingerprint density at radius 1 is 1.19 bits per heavy atom. The summed E-state index contributed by atoms with van der Waals surface area (Å²) in [6.07, 6.45) is 0.279. The minimum atomic E-state index is -0.325. The summed E-state index contributed by atoms with van der Waals surface area (Å²) >= 11 is 7.40. The molecule has 140 valence electrons. The van der Waals surface area contributed by atoms with Gasteiger partial charge < -0.3 is 14.0 Å². The predicted molar refractivity (Wildman–Crippen MR) is 103 cm³/mol. The number of thioether (sulfide) groups is 1. The summed E-state index contributed by atoms with van der Waals surface area (Å²) in [6.45, 7) is -0.0629. The Morgan fingerprint density at radius 2 is 1.96 bits per heavy atom. The van der Waals surface area contributed by atoms with Crippen molar-refractivity contribution >= 4 is 29.3 Å². The van der Waals surface area contributed by atoms with Gasteiger partial charge in [0.25, 0.3) is 5.89 Å². The molecule has 0 atom stereocenters. The summed E-state index contributed by atoms with van der Waals surface area (Å²) in [6, 6.07) is 14.8. The van der Waals surface area contributed by atoms with Crippen LogP contribution in [0.1, 0.15) is 12.3 Å². The van der Waals surface area contributed by atoms with Crippen molar-refractivity contribution in [2.24, 2.45) is 0 Å². The van der Waals surface area contributed by atoms with Crippen LogP contribution in [-0.4, -0.2) is 29.0 Å². The van der Waals surface area contributed by atoms with Gasteiger partial charge in [0.05, 0.1) is 19.1 Å². The van der Waals surface area contributed by atoms with E-state index in [1.54, 1.807) is 18.9 Å². The SMILES string of the molecule is COc1ccccc1-c1noc(COC(=O)CCSc2ccc(Cl)cc2)n1. The van der Waals surface area contributed by atoms with Gasteiger partial charge in [-0.1, -0.05) is 28.9 Å². The van der Waals surface area contributed by atoms with Crippen molar-refractivity contribution in [3.63, 3.8) is 0 Å². The maximum Gasteiger partial charge on any atom is 0.307 e. The van der Waals surface area contributed by atoms with Crippen LogP contribution in [-0.2, 0) is 16.1 Å². The lowest BCUT2D eigenvalue weighted by Gasteiger charge is -2.03. The minimum Gasteiger partial charge on any atom is -0.496 e. The number of esters is 1. The molecule has 0 saturated heterocycles. The molecule has 0 amide bonds. The number of aromatic nitrogens is 2. The van der Waals surface area contributed by atoms with Gasteiger partial charge in [0.15, 0.2) is 6.61 Å². The van der Waals surface area contributed by atoms with Gasteiger partial charge in [-0.25, -0.2) is 0 Å². The van der Waals surface area contributed by atoms with Gasteiger partial charge in [-0.2, -0.15) is 4.98 Å². The quantitative estimate of drug-likeness (QED) is 0.400. The van der Waals surface area contributed by atoms with Gasteiger partial charge in [0.2, 0.25) is 5.82 Å². The highest BCUT2D eigenvalue weighted by Crippen LogP contribution is 2.27. The van der Waals surface area contributed by atoms with E-state index in [-0.39, 0.29) is 24.9 Å². The normalized spacial score (nSPS) is 10.6. The zero-order valence-electron chi connectivity index (χ0n) is 14.6. The summed E-state index contributed by atoms with van der Waals surface area (Å²) in [5.41, 5.74) is 0.709. The van der Waals surface area contributed by atoms with Crippen LogP contribution >= 0.6 is 23.4 Å². The van der Waals surface area contributed by atoms with Gasteiger partial charge in [-0.15, -0.1) is 11.8 Å². The molecule has 27 heavy (non-hydrogen) atoms. The molecule has 3 aromatic rings. The van der Waals surface area contributed by atoms with Gasteiger partial charge >= 0.3 is 5.97 Å². The average Bonchev–Trinajstić information content (AvgIpc) is 3.17. The van der Waals surface area contributed by atoms with Gasteiger partial charge in [0.1, 0.15) is 5.75 Å². The lowest BCUT2D eigenvalue weighted by Crippen LogP contribution is -2.05. The summed E-state index contributed by atoms with van der Waals surface area (Å²) in [5.74, 6) is 1.54. The first-order chi connectivity index (χ1) is 13.2. The second-order valence-corrected chi connectivity index (χ2v) is 7.03. The smallest absolute Gasteiger partial charge is 0.307 e. The van der Waals surface area contributed by atoms with Gasteiger partial charge in [0, 0.05) is 15.7 Å². The topological polar surface area (TPSA) is 74.5 Å². The van der Waals surface area contributed by atoms with Crippen LogP contribution in [0, 0.1) is 0 Å². The number of hydrogen-bond donors (Lipinski definition) is 0. The third kappa shape index (κ3) is 5.48. The molecule has 0 bridgehead atoms. The number of methoxy groups -OCH3 is 1. The second-order valence-electron chi connectivity index (χ2n) is 5.43. The van der Waals surface area contributed by atoms with Crippen molar-refractivity contribution < 1.29 is 18.8 Å². The van der Waals surface area contributed by atoms with E-state index in [0.29, 0.717) is 27.9 Å². The zero-order valence-corrected chi connectivity index (χ0v) is 16.1. The monoisotopic (exact) mass is 404 g/mol. The largest absolute Gasteiger partial charge is 0.496 e. The Kier molecular flexibility index (Phi) is 6.73. The Labute approximate surface area is 165 Å². The van der Waals surface area contributed by atoms with Crippen molar-refractivity contribution in [2.45, 2.75) is 17.9 Å². The summed E-state index contributed by atoms with van der Waals surface area (Å²) in [4.78, 5) is 17.2. The summed E-state index contributed by atoms with van der Waals surface area (Å²) < 4.78 is 15.6. The van der Waals surface area contributed by atoms with E-state index in [2.05, 4.69) is 10.1 Å². The molecule has 0 aliphatic heterocycles. The molecule has 0 fully saturated rings. The number of benzene rings is 2. The standard InChI is InChI=1S/C19H17ClN2O4S/c1-24-16-5-3-2-4-15(16)19-21-17(26-22-19)12-25-18(23)10-11-27-14-8-6-13(20)7-9-14/h2-9H,10-12H2,1H3. The van der Waals surface area contributed by atoms with Crippen LogP contribution in [0.25, 0.3) is 11.4 Å². The molecule has 2 aromatic carbocycles. The first-order valence-electron chi connectivity index (χ1n) is 8.15. The van der Waals surface area contributed by atoms with E-state index in [0.717, 1.165) is 4.90 Å². The Balaban J connectivity index is 1.46. The lowest BCUT2D eigenvalue weighted by atomic mass is 10.2. The molecular formula is C19H17ClN2O4S. The molecule has 3 rings (SSSR count). The minimum absolute atomic E-state index is 0.0629. The Morgan fingerprint density at radius 3 is 2.74 bits per heavy atom. The van der Waals surface area contributed by atoms with Crippen LogP contribution in [0.15, 0.2) is 57.9 Å². The number of ether oxygens (including phenoxy) is 2. The summed E-state index contributed by atoms with van der Waals surface area (Å²) in [5, 5.41) is 4.60. The third-order valence-electron chi connectivity index (χ3n) is 3.56. The Hall–Kier alpha value is -2.51. The lowest BCUT2D eigenvalue weighted by molar-refractivity contribution is -0.145. The number of carbonyl (C=O) groups excluding carboxylic acids is 1. The molecule has 6 nitrogen and oxygen atoms in total. The molecule has 0 aliphatic rings. The molecule has 0 saturated carbocycles. The van der Waals surface area contributed by atoms with Crippen molar-refractivity contribution in [3.05, 3.63) is 59.4 Å². The second kappa shape index (κ2) is 9.43. The van der Waals surface area contributed by atoms with E-state index >= 15 is 0 Å². The van der Waals surface area contributed by atoms with Crippen LogP contribution in [0.3, 0.4) is 0 Å². The molecule has 0 radical (unpaired) electrons. The predicted octanol–water partition coefficient (Wildman–Crippen LogP) is 4.62. The highest BCUT2D eigenvalue weighted by molar-refractivity contribution is 7.99. The first-order valence-corrected chi connectivity index (χ1v) is 9.52. The van der Waals surface area contributed by atoms with Crippen molar-refractivity contribution in [3.8, 4) is 17.1 Å². The van der Waals surface area contributed by atoms with Gasteiger partial charge in [-0.05, 0) is 36.4 Å². The van der Waals surface area contributed by atoms with Crippen LogP contribution in [0.2, 0.25) is 5.02 Å². The average molecular weight is 405 g/mol. The van der Waals surface area contributed by atoms with E-state index in [9.17, 15) is 4.79 Å². The van der Waals surface area contributed by atoms with Crippen molar-refractivity contribution in [2.75, 3.05) is 12.9 Å². The first kappa shape index (κ1) is 19.3. The molecule has 1 aromatic heterocycles. The molecule has 0 spiro atoms. The molecular weight excluding hydrogens is 388 g/mol. The fourth-order valence-electron chi connectivity index (χ4n) is 2.25. The van der Waals surface area contributed by atoms with Crippen molar-refractivity contribution in [1.82, 2.24) is 10.1 Å². The number of nitrogens with zero attached hydrogens (tertiary/aromatic N) is 2. The number of rotatable bonds is 8. The van der Waals surface area contributed by atoms with Crippen LogP contribution in [0.5, 0.6) is 5.75 Å². The number of para-hydroxylation sites is 1. The van der Waals surface area contributed by atoms with E-state index in [4.69, 9.17) is 25.6 Å². The van der Waals surface area contributed by atoms with Crippen LogP contribution < -0.4 is 4.74 Å². The van der Waals surface area contributed by atoms with Crippen molar-refractivity contribution in [1.29, 1.82) is 0 Å². The maximum absolute atomic E-state index is 11.9. The van der Waals surface area contributed by atoms with Crippen LogP contribution in [0.4, 0.5) is 0 Å². The fourth-order valence-corrected chi connectivity index (χ4v) is 3.21. The Bertz CT molecular complexity index is 899. The zero-order chi connectivity index (χ0) is 19.1. The highest BCUT2D eigenvalue weighted by atomic mass is 35.5. The number of carbonyl (C=O) groups is 1. The van der Waals surface area contributed by atoms with E-state index in [1.165, 1.54) is 0 Å². The number of halogens is 1. The molecule has 0 N–H and O–H groups in total. The molecule has 1 heterocycles. The van der Waals surface area contributed by atoms with E-state index in [1.807, 2.05) is 48.5 Å². The third-order valence-corrected chi connectivity index (χ3v) is 4.83. The van der Waals surface area contributed by atoms with Gasteiger partial charge in [-0.3, -0.25) is 4.79 Å². The fraction of sp³-hybridized carbons (Fsp3) is 0.211. The highest BCUT2D eigenvalue weighted by Gasteiger charge is 2.14. The van der Waals surface area contributed by atoms with E-state index < -0.39 is 0 Å². The number of hydrogen-bond acceptors (Lipinski definition) is 7. The maximum atomic E-state index is 11.9.